The second-order valence-electron chi connectivity index (χ2n) is 6.62. The highest BCUT2D eigenvalue weighted by Gasteiger charge is 2.18. The van der Waals surface area contributed by atoms with Gasteiger partial charge in [-0.1, -0.05) is 48.0 Å². The SMILES string of the molecule is Cc1ccc(-c2nn(-c3ccccc3)cc2C(=O)NCCc2ccco2)cc1. The van der Waals surface area contributed by atoms with Gasteiger partial charge >= 0.3 is 0 Å². The van der Waals surface area contributed by atoms with Crippen molar-refractivity contribution in [2.45, 2.75) is 13.3 Å². The molecule has 0 unspecified atom stereocenters. The zero-order valence-electron chi connectivity index (χ0n) is 15.6. The standard InChI is InChI=1S/C23H21N3O2/c1-17-9-11-18(12-10-17)22-21(16-26(25-22)19-6-3-2-4-7-19)23(27)24-14-13-20-8-5-15-28-20/h2-12,15-16H,13-14H2,1H3,(H,24,27). The van der Waals surface area contributed by atoms with E-state index in [0.717, 1.165) is 22.6 Å². The molecule has 140 valence electrons. The fourth-order valence-corrected chi connectivity index (χ4v) is 3.03. The molecule has 0 radical (unpaired) electrons. The molecule has 0 saturated carbocycles. The van der Waals surface area contributed by atoms with Crippen LogP contribution in [0.3, 0.4) is 0 Å². The van der Waals surface area contributed by atoms with Crippen molar-refractivity contribution in [1.29, 1.82) is 0 Å². The summed E-state index contributed by atoms with van der Waals surface area (Å²) in [6.07, 6.45) is 4.06. The van der Waals surface area contributed by atoms with Gasteiger partial charge in [0.1, 0.15) is 11.5 Å². The highest BCUT2D eigenvalue weighted by molar-refractivity contribution is 5.99. The van der Waals surface area contributed by atoms with Crippen molar-refractivity contribution >= 4 is 5.91 Å². The number of rotatable bonds is 6. The molecule has 2 aromatic carbocycles. The number of hydrogen-bond acceptors (Lipinski definition) is 3. The predicted octanol–water partition coefficient (Wildman–Crippen LogP) is 4.41. The normalized spacial score (nSPS) is 10.8. The molecule has 0 bridgehead atoms. The quantitative estimate of drug-likeness (QED) is 0.546. The summed E-state index contributed by atoms with van der Waals surface area (Å²) in [7, 11) is 0. The summed E-state index contributed by atoms with van der Waals surface area (Å²) in [6.45, 7) is 2.53. The van der Waals surface area contributed by atoms with E-state index < -0.39 is 0 Å². The Balaban J connectivity index is 1.62. The van der Waals surface area contributed by atoms with E-state index >= 15 is 0 Å². The van der Waals surface area contributed by atoms with Gasteiger partial charge in [0.05, 0.1) is 17.5 Å². The van der Waals surface area contributed by atoms with Crippen molar-refractivity contribution < 1.29 is 9.21 Å². The van der Waals surface area contributed by atoms with Crippen molar-refractivity contribution in [1.82, 2.24) is 15.1 Å². The van der Waals surface area contributed by atoms with Crippen LogP contribution in [0.4, 0.5) is 0 Å². The third kappa shape index (κ3) is 3.88. The lowest BCUT2D eigenvalue weighted by atomic mass is 10.1. The van der Waals surface area contributed by atoms with Gasteiger partial charge in [-0.25, -0.2) is 4.68 Å². The molecule has 5 heteroatoms. The van der Waals surface area contributed by atoms with Gasteiger partial charge < -0.3 is 9.73 Å². The Morgan fingerprint density at radius 2 is 1.82 bits per heavy atom. The Labute approximate surface area is 163 Å². The summed E-state index contributed by atoms with van der Waals surface area (Å²) in [5.41, 5.74) is 4.20. The fraction of sp³-hybridized carbons (Fsp3) is 0.130. The van der Waals surface area contributed by atoms with Gasteiger partial charge in [-0.05, 0) is 31.2 Å². The summed E-state index contributed by atoms with van der Waals surface area (Å²) in [4.78, 5) is 12.9. The van der Waals surface area contributed by atoms with E-state index in [9.17, 15) is 4.79 Å². The molecule has 0 aliphatic carbocycles. The summed E-state index contributed by atoms with van der Waals surface area (Å²) >= 11 is 0. The number of nitrogens with one attached hydrogen (secondary N) is 1. The summed E-state index contributed by atoms with van der Waals surface area (Å²) in [5, 5.41) is 7.67. The van der Waals surface area contributed by atoms with Crippen molar-refractivity contribution in [3.63, 3.8) is 0 Å². The molecule has 0 spiro atoms. The number of amides is 1. The number of aryl methyl sites for hydroxylation is 1. The monoisotopic (exact) mass is 371 g/mol. The maximum absolute atomic E-state index is 12.9. The van der Waals surface area contributed by atoms with Crippen LogP contribution in [0.2, 0.25) is 0 Å². The predicted molar refractivity (Wildman–Crippen MR) is 108 cm³/mol. The van der Waals surface area contributed by atoms with E-state index in [1.54, 1.807) is 17.1 Å². The summed E-state index contributed by atoms with van der Waals surface area (Å²) < 4.78 is 7.07. The van der Waals surface area contributed by atoms with E-state index in [-0.39, 0.29) is 5.91 Å². The number of hydrogen-bond donors (Lipinski definition) is 1. The van der Waals surface area contributed by atoms with E-state index in [4.69, 9.17) is 9.52 Å². The molecule has 4 aromatic rings. The molecule has 0 saturated heterocycles. The number of benzene rings is 2. The number of carbonyl (C=O) groups is 1. The van der Waals surface area contributed by atoms with Crippen LogP contribution < -0.4 is 5.32 Å². The molecule has 5 nitrogen and oxygen atoms in total. The average molecular weight is 371 g/mol. The molecule has 0 atom stereocenters. The van der Waals surface area contributed by atoms with Gasteiger partial charge in [0.25, 0.3) is 5.91 Å². The van der Waals surface area contributed by atoms with Crippen molar-refractivity contribution in [3.8, 4) is 16.9 Å². The first-order valence-electron chi connectivity index (χ1n) is 9.23. The lowest BCUT2D eigenvalue weighted by molar-refractivity contribution is 0.0954. The van der Waals surface area contributed by atoms with E-state index in [2.05, 4.69) is 5.32 Å². The second kappa shape index (κ2) is 7.96. The van der Waals surface area contributed by atoms with E-state index in [1.165, 1.54) is 0 Å². The van der Waals surface area contributed by atoms with E-state index in [1.807, 2.05) is 73.7 Å². The van der Waals surface area contributed by atoms with Gasteiger partial charge in [-0.15, -0.1) is 0 Å². The van der Waals surface area contributed by atoms with Crippen molar-refractivity contribution in [2.75, 3.05) is 6.54 Å². The lowest BCUT2D eigenvalue weighted by Gasteiger charge is -2.05. The number of aromatic nitrogens is 2. The van der Waals surface area contributed by atoms with Gasteiger partial charge in [0, 0.05) is 24.7 Å². The minimum absolute atomic E-state index is 0.149. The Hall–Kier alpha value is -3.60. The number of carbonyl (C=O) groups excluding carboxylic acids is 1. The maximum Gasteiger partial charge on any atom is 0.255 e. The van der Waals surface area contributed by atoms with Crippen LogP contribution in [0.25, 0.3) is 16.9 Å². The van der Waals surface area contributed by atoms with Gasteiger partial charge in [0.15, 0.2) is 0 Å². The zero-order valence-corrected chi connectivity index (χ0v) is 15.6. The van der Waals surface area contributed by atoms with Crippen LogP contribution in [0.15, 0.2) is 83.6 Å². The molecule has 1 N–H and O–H groups in total. The number of nitrogens with zero attached hydrogens (tertiary/aromatic N) is 2. The highest BCUT2D eigenvalue weighted by atomic mass is 16.3. The minimum atomic E-state index is -0.149. The van der Waals surface area contributed by atoms with Crippen LogP contribution in [0.5, 0.6) is 0 Å². The van der Waals surface area contributed by atoms with Crippen LogP contribution >= 0.6 is 0 Å². The Morgan fingerprint density at radius 3 is 2.54 bits per heavy atom. The zero-order chi connectivity index (χ0) is 19.3. The first-order chi connectivity index (χ1) is 13.7. The Morgan fingerprint density at radius 1 is 1.04 bits per heavy atom. The topological polar surface area (TPSA) is 60.1 Å². The number of furan rings is 1. The van der Waals surface area contributed by atoms with Gasteiger partial charge in [-0.3, -0.25) is 4.79 Å². The average Bonchev–Trinajstić information content (AvgIpc) is 3.39. The van der Waals surface area contributed by atoms with Crippen LogP contribution in [-0.2, 0) is 6.42 Å². The molecule has 2 heterocycles. The Bertz CT molecular complexity index is 1050. The number of para-hydroxylation sites is 1. The molecule has 4 rings (SSSR count). The molecule has 0 fully saturated rings. The molecule has 1 amide bonds. The minimum Gasteiger partial charge on any atom is -0.469 e. The smallest absolute Gasteiger partial charge is 0.255 e. The van der Waals surface area contributed by atoms with Gasteiger partial charge in [0.2, 0.25) is 0 Å². The third-order valence-electron chi connectivity index (χ3n) is 4.54. The molecule has 0 aliphatic heterocycles. The first kappa shape index (κ1) is 17.8. The molecule has 2 aromatic heterocycles. The first-order valence-corrected chi connectivity index (χ1v) is 9.23. The van der Waals surface area contributed by atoms with Crippen molar-refractivity contribution in [2.24, 2.45) is 0 Å². The largest absolute Gasteiger partial charge is 0.469 e. The Kier molecular flexibility index (Phi) is 5.06. The van der Waals surface area contributed by atoms with Crippen molar-refractivity contribution in [3.05, 3.63) is 96.1 Å². The van der Waals surface area contributed by atoms with Gasteiger partial charge in [-0.2, -0.15) is 5.10 Å². The second-order valence-corrected chi connectivity index (χ2v) is 6.62. The van der Waals surface area contributed by atoms with Crippen LogP contribution in [-0.4, -0.2) is 22.2 Å². The lowest BCUT2D eigenvalue weighted by Crippen LogP contribution is -2.25. The van der Waals surface area contributed by atoms with Crippen LogP contribution in [0, 0.1) is 6.92 Å². The van der Waals surface area contributed by atoms with E-state index in [0.29, 0.717) is 24.2 Å². The third-order valence-corrected chi connectivity index (χ3v) is 4.54. The molecule has 0 aliphatic rings. The molecule has 28 heavy (non-hydrogen) atoms. The maximum atomic E-state index is 12.9. The van der Waals surface area contributed by atoms with Crippen LogP contribution in [0.1, 0.15) is 21.7 Å². The summed E-state index contributed by atoms with van der Waals surface area (Å²) in [6, 6.07) is 21.6. The molecular weight excluding hydrogens is 350 g/mol. The summed E-state index contributed by atoms with van der Waals surface area (Å²) in [5.74, 6) is 0.698. The molecular formula is C23H21N3O2. The highest BCUT2D eigenvalue weighted by Crippen LogP contribution is 2.24. The fourth-order valence-electron chi connectivity index (χ4n) is 3.03.